The Bertz CT molecular complexity index is 403. The Morgan fingerprint density at radius 2 is 2.00 bits per heavy atom. The highest BCUT2D eigenvalue weighted by molar-refractivity contribution is 5.80. The number of aliphatic carboxylic acids is 1. The largest absolute Gasteiger partial charge is 0.478 e. The van der Waals surface area contributed by atoms with Crippen LogP contribution in [0, 0.1) is 12.8 Å². The fourth-order valence-electron chi connectivity index (χ4n) is 1.61. The van der Waals surface area contributed by atoms with E-state index in [0.29, 0.717) is 0 Å². The molecule has 0 radical (unpaired) electrons. The molecule has 86 valence electrons. The Kier molecular flexibility index (Phi) is 4.29. The number of rotatable bonds is 4. The molecule has 1 aromatic rings. The topological polar surface area (TPSA) is 37.3 Å². The number of hydrogen-bond acceptors (Lipinski definition) is 1. The lowest BCUT2D eigenvalue weighted by Crippen LogP contribution is -2.03. The SMILES string of the molecule is Cc1ccccc1C/C(=C/C(=O)O)C(C)C. The fraction of sp³-hybridized carbons (Fsp3) is 0.357. The van der Waals surface area contributed by atoms with Crippen LogP contribution in [0.2, 0.25) is 0 Å². The van der Waals surface area contributed by atoms with E-state index in [0.717, 1.165) is 12.0 Å². The third-order valence-electron chi connectivity index (χ3n) is 2.71. The molecule has 1 aromatic carbocycles. The molecule has 0 saturated carbocycles. The highest BCUT2D eigenvalue weighted by Crippen LogP contribution is 2.18. The van der Waals surface area contributed by atoms with E-state index in [1.807, 2.05) is 45.0 Å². The van der Waals surface area contributed by atoms with Crippen LogP contribution in [-0.2, 0) is 11.2 Å². The Balaban J connectivity index is 2.93. The van der Waals surface area contributed by atoms with Crippen LogP contribution in [0.5, 0.6) is 0 Å². The highest BCUT2D eigenvalue weighted by atomic mass is 16.4. The van der Waals surface area contributed by atoms with Crippen molar-refractivity contribution in [2.45, 2.75) is 27.2 Å². The van der Waals surface area contributed by atoms with E-state index < -0.39 is 5.97 Å². The molecular formula is C14H18O2. The van der Waals surface area contributed by atoms with Gasteiger partial charge in [0.05, 0.1) is 0 Å². The van der Waals surface area contributed by atoms with Gasteiger partial charge >= 0.3 is 5.97 Å². The van der Waals surface area contributed by atoms with Crippen molar-refractivity contribution in [3.8, 4) is 0 Å². The molecule has 0 fully saturated rings. The third-order valence-corrected chi connectivity index (χ3v) is 2.71. The van der Waals surface area contributed by atoms with Gasteiger partial charge in [-0.2, -0.15) is 0 Å². The number of aryl methyl sites for hydroxylation is 1. The highest BCUT2D eigenvalue weighted by Gasteiger charge is 2.08. The minimum Gasteiger partial charge on any atom is -0.478 e. The molecule has 2 heteroatoms. The number of hydrogen-bond donors (Lipinski definition) is 1. The zero-order valence-electron chi connectivity index (χ0n) is 10.0. The van der Waals surface area contributed by atoms with Gasteiger partial charge in [0, 0.05) is 6.08 Å². The first-order valence-corrected chi connectivity index (χ1v) is 5.48. The summed E-state index contributed by atoms with van der Waals surface area (Å²) >= 11 is 0. The number of benzene rings is 1. The van der Waals surface area contributed by atoms with Crippen molar-refractivity contribution in [2.24, 2.45) is 5.92 Å². The second kappa shape index (κ2) is 5.50. The van der Waals surface area contributed by atoms with Crippen molar-refractivity contribution in [3.05, 3.63) is 47.0 Å². The second-order valence-electron chi connectivity index (χ2n) is 4.32. The Morgan fingerprint density at radius 1 is 1.38 bits per heavy atom. The summed E-state index contributed by atoms with van der Waals surface area (Å²) < 4.78 is 0. The maximum atomic E-state index is 10.7. The van der Waals surface area contributed by atoms with E-state index in [1.54, 1.807) is 0 Å². The zero-order chi connectivity index (χ0) is 12.1. The van der Waals surface area contributed by atoms with Crippen LogP contribution >= 0.6 is 0 Å². The van der Waals surface area contributed by atoms with Crippen LogP contribution in [0.4, 0.5) is 0 Å². The molecule has 0 aromatic heterocycles. The molecule has 0 unspecified atom stereocenters. The predicted octanol–water partition coefficient (Wildman–Crippen LogP) is 3.20. The maximum absolute atomic E-state index is 10.7. The van der Waals surface area contributed by atoms with Gasteiger partial charge in [-0.3, -0.25) is 0 Å². The maximum Gasteiger partial charge on any atom is 0.328 e. The molecular weight excluding hydrogens is 200 g/mol. The Morgan fingerprint density at radius 3 is 2.50 bits per heavy atom. The summed E-state index contributed by atoms with van der Waals surface area (Å²) in [6, 6.07) is 8.08. The first-order chi connectivity index (χ1) is 7.50. The van der Waals surface area contributed by atoms with Gasteiger partial charge in [0.1, 0.15) is 0 Å². The molecule has 0 spiro atoms. The van der Waals surface area contributed by atoms with Gasteiger partial charge < -0.3 is 5.11 Å². The summed E-state index contributed by atoms with van der Waals surface area (Å²) in [4.78, 5) is 10.7. The van der Waals surface area contributed by atoms with E-state index in [9.17, 15) is 4.79 Å². The van der Waals surface area contributed by atoms with Gasteiger partial charge in [0.15, 0.2) is 0 Å². The Labute approximate surface area is 96.6 Å². The summed E-state index contributed by atoms with van der Waals surface area (Å²) in [7, 11) is 0. The normalized spacial score (nSPS) is 11.9. The number of carbonyl (C=O) groups is 1. The summed E-state index contributed by atoms with van der Waals surface area (Å²) in [5.41, 5.74) is 3.37. The van der Waals surface area contributed by atoms with Crippen LogP contribution in [0.15, 0.2) is 35.9 Å². The molecule has 16 heavy (non-hydrogen) atoms. The number of allylic oxidation sites excluding steroid dienone is 1. The van der Waals surface area contributed by atoms with E-state index in [-0.39, 0.29) is 5.92 Å². The van der Waals surface area contributed by atoms with E-state index in [2.05, 4.69) is 0 Å². The molecule has 0 amide bonds. The predicted molar refractivity (Wildman–Crippen MR) is 65.4 cm³/mol. The van der Waals surface area contributed by atoms with Crippen LogP contribution in [0.1, 0.15) is 25.0 Å². The lowest BCUT2D eigenvalue weighted by atomic mass is 9.93. The summed E-state index contributed by atoms with van der Waals surface area (Å²) in [6.45, 7) is 6.09. The molecule has 1 N–H and O–H groups in total. The van der Waals surface area contributed by atoms with Gasteiger partial charge in [-0.1, -0.05) is 43.7 Å². The standard InChI is InChI=1S/C14H18O2/c1-10(2)13(9-14(15)16)8-12-7-5-4-6-11(12)3/h4-7,9-10H,8H2,1-3H3,(H,15,16)/b13-9-. The van der Waals surface area contributed by atoms with Crippen LogP contribution in [-0.4, -0.2) is 11.1 Å². The van der Waals surface area contributed by atoms with Gasteiger partial charge in [-0.05, 0) is 30.4 Å². The third kappa shape index (κ3) is 3.54. The van der Waals surface area contributed by atoms with Gasteiger partial charge in [0.25, 0.3) is 0 Å². The molecule has 0 saturated heterocycles. The van der Waals surface area contributed by atoms with Crippen LogP contribution in [0.25, 0.3) is 0 Å². The summed E-state index contributed by atoms with van der Waals surface area (Å²) in [6.07, 6.45) is 2.05. The van der Waals surface area contributed by atoms with Gasteiger partial charge in [-0.15, -0.1) is 0 Å². The molecule has 0 bridgehead atoms. The minimum absolute atomic E-state index is 0.260. The molecule has 0 aliphatic heterocycles. The lowest BCUT2D eigenvalue weighted by Gasteiger charge is -2.12. The van der Waals surface area contributed by atoms with Crippen LogP contribution in [0.3, 0.4) is 0 Å². The van der Waals surface area contributed by atoms with E-state index in [4.69, 9.17) is 5.11 Å². The van der Waals surface area contributed by atoms with Crippen molar-refractivity contribution in [2.75, 3.05) is 0 Å². The molecule has 1 rings (SSSR count). The average Bonchev–Trinajstić information content (AvgIpc) is 2.19. The lowest BCUT2D eigenvalue weighted by molar-refractivity contribution is -0.131. The van der Waals surface area contributed by atoms with E-state index >= 15 is 0 Å². The Hall–Kier alpha value is -1.57. The smallest absolute Gasteiger partial charge is 0.328 e. The summed E-state index contributed by atoms with van der Waals surface area (Å²) in [5.74, 6) is -0.604. The average molecular weight is 218 g/mol. The molecule has 2 nitrogen and oxygen atoms in total. The van der Waals surface area contributed by atoms with Crippen molar-refractivity contribution in [3.63, 3.8) is 0 Å². The van der Waals surface area contributed by atoms with Crippen molar-refractivity contribution < 1.29 is 9.90 Å². The molecule has 0 aliphatic rings. The minimum atomic E-state index is -0.864. The fourth-order valence-corrected chi connectivity index (χ4v) is 1.61. The van der Waals surface area contributed by atoms with Crippen molar-refractivity contribution in [1.29, 1.82) is 0 Å². The van der Waals surface area contributed by atoms with Crippen molar-refractivity contribution >= 4 is 5.97 Å². The first kappa shape index (κ1) is 12.5. The quantitative estimate of drug-likeness (QED) is 0.788. The molecule has 0 aliphatic carbocycles. The number of carboxylic acids is 1. The second-order valence-corrected chi connectivity index (χ2v) is 4.32. The van der Waals surface area contributed by atoms with Crippen molar-refractivity contribution in [1.82, 2.24) is 0 Å². The number of carboxylic acid groups (broad SMARTS) is 1. The van der Waals surface area contributed by atoms with Gasteiger partial charge in [0.2, 0.25) is 0 Å². The first-order valence-electron chi connectivity index (χ1n) is 5.48. The van der Waals surface area contributed by atoms with Crippen LogP contribution < -0.4 is 0 Å². The zero-order valence-corrected chi connectivity index (χ0v) is 10.0. The van der Waals surface area contributed by atoms with E-state index in [1.165, 1.54) is 17.2 Å². The van der Waals surface area contributed by atoms with Gasteiger partial charge in [-0.25, -0.2) is 4.79 Å². The molecule has 0 heterocycles. The monoisotopic (exact) mass is 218 g/mol. The molecule has 0 atom stereocenters. The summed E-state index contributed by atoms with van der Waals surface area (Å²) in [5, 5.41) is 8.80.